The van der Waals surface area contributed by atoms with Crippen molar-refractivity contribution in [3.05, 3.63) is 65.1 Å². The molecule has 0 spiro atoms. The Morgan fingerprint density at radius 2 is 1.83 bits per heavy atom. The van der Waals surface area contributed by atoms with E-state index in [1.54, 1.807) is 30.3 Å². The van der Waals surface area contributed by atoms with E-state index >= 15 is 0 Å². The van der Waals surface area contributed by atoms with E-state index in [0.29, 0.717) is 22.6 Å². The zero-order valence-corrected chi connectivity index (χ0v) is 12.9. The van der Waals surface area contributed by atoms with Gasteiger partial charge in [-0.1, -0.05) is 18.1 Å². The summed E-state index contributed by atoms with van der Waals surface area (Å²) in [5.74, 6) is 2.99. The lowest BCUT2D eigenvalue weighted by Crippen LogP contribution is -2.13. The number of terminal acetylenes is 1. The Labute approximate surface area is 134 Å². The monoisotopic (exact) mass is 301 g/mol. The summed E-state index contributed by atoms with van der Waals surface area (Å²) in [7, 11) is 0. The number of nitrogens with zero attached hydrogens (tertiary/aromatic N) is 2. The van der Waals surface area contributed by atoms with E-state index in [0.717, 1.165) is 16.6 Å². The van der Waals surface area contributed by atoms with Crippen LogP contribution in [0.5, 0.6) is 0 Å². The summed E-state index contributed by atoms with van der Waals surface area (Å²) >= 11 is 0. The normalized spacial score (nSPS) is 10.3. The quantitative estimate of drug-likeness (QED) is 0.737. The molecular formula is C19H15N3O. The highest BCUT2D eigenvalue weighted by atomic mass is 16.1. The number of amides is 1. The van der Waals surface area contributed by atoms with Gasteiger partial charge in [-0.15, -0.1) is 6.42 Å². The van der Waals surface area contributed by atoms with Crippen molar-refractivity contribution < 1.29 is 4.79 Å². The van der Waals surface area contributed by atoms with E-state index in [1.807, 2.05) is 26.0 Å². The molecular weight excluding hydrogens is 286 g/mol. The number of carbonyl (C=O) groups is 1. The maximum atomic E-state index is 12.6. The van der Waals surface area contributed by atoms with Gasteiger partial charge in [0, 0.05) is 22.3 Å². The number of aryl methyl sites for hydroxylation is 2. The average Bonchev–Trinajstić information content (AvgIpc) is 2.55. The van der Waals surface area contributed by atoms with Gasteiger partial charge in [-0.05, 0) is 44.2 Å². The van der Waals surface area contributed by atoms with Crippen LogP contribution in [-0.4, -0.2) is 15.9 Å². The Bertz CT molecular complexity index is 937. The number of para-hydroxylation sites is 1. The molecule has 0 unspecified atom stereocenters. The maximum Gasteiger partial charge on any atom is 0.257 e. The molecule has 0 radical (unpaired) electrons. The first-order chi connectivity index (χ1) is 11.1. The zero-order chi connectivity index (χ0) is 16.4. The van der Waals surface area contributed by atoms with Crippen LogP contribution < -0.4 is 5.32 Å². The first-order valence-corrected chi connectivity index (χ1v) is 7.20. The lowest BCUT2D eigenvalue weighted by molar-refractivity contribution is 0.102. The summed E-state index contributed by atoms with van der Waals surface area (Å²) in [6.07, 6.45) is 5.33. The fourth-order valence-electron chi connectivity index (χ4n) is 2.48. The highest BCUT2D eigenvalue weighted by Crippen LogP contribution is 2.20. The maximum absolute atomic E-state index is 12.6. The van der Waals surface area contributed by atoms with E-state index in [-0.39, 0.29) is 5.91 Å². The highest BCUT2D eigenvalue weighted by Gasteiger charge is 2.13. The second kappa shape index (κ2) is 5.90. The molecule has 1 heterocycles. The molecule has 1 amide bonds. The number of benzene rings is 2. The van der Waals surface area contributed by atoms with Crippen LogP contribution in [0.3, 0.4) is 0 Å². The fraction of sp³-hybridized carbons (Fsp3) is 0.105. The Balaban J connectivity index is 1.99. The summed E-state index contributed by atoms with van der Waals surface area (Å²) in [4.78, 5) is 21.4. The van der Waals surface area contributed by atoms with Crippen molar-refractivity contribution in [1.82, 2.24) is 9.97 Å². The van der Waals surface area contributed by atoms with E-state index in [4.69, 9.17) is 6.42 Å². The van der Waals surface area contributed by atoms with Crippen molar-refractivity contribution in [1.29, 1.82) is 0 Å². The van der Waals surface area contributed by atoms with Crippen molar-refractivity contribution in [2.24, 2.45) is 0 Å². The SMILES string of the molecule is C#Cc1ccc(NC(=O)c2cccc3c(C)nc(C)nc23)cc1. The van der Waals surface area contributed by atoms with Gasteiger partial charge < -0.3 is 5.32 Å². The Hall–Kier alpha value is -3.19. The van der Waals surface area contributed by atoms with Gasteiger partial charge in [-0.2, -0.15) is 0 Å². The Morgan fingerprint density at radius 3 is 2.52 bits per heavy atom. The van der Waals surface area contributed by atoms with E-state index in [9.17, 15) is 4.79 Å². The molecule has 0 saturated carbocycles. The smallest absolute Gasteiger partial charge is 0.257 e. The average molecular weight is 301 g/mol. The second-order valence-corrected chi connectivity index (χ2v) is 5.23. The van der Waals surface area contributed by atoms with Crippen LogP contribution in [0, 0.1) is 26.2 Å². The number of hydrogen-bond acceptors (Lipinski definition) is 3. The van der Waals surface area contributed by atoms with Gasteiger partial charge in [0.15, 0.2) is 0 Å². The molecule has 3 aromatic rings. The van der Waals surface area contributed by atoms with E-state index in [2.05, 4.69) is 21.2 Å². The summed E-state index contributed by atoms with van der Waals surface area (Å²) in [6, 6.07) is 12.7. The third-order valence-electron chi connectivity index (χ3n) is 3.58. The molecule has 0 fully saturated rings. The number of nitrogens with one attached hydrogen (secondary N) is 1. The van der Waals surface area contributed by atoms with Crippen LogP contribution in [0.15, 0.2) is 42.5 Å². The standard InChI is InChI=1S/C19H15N3O/c1-4-14-8-10-15(11-9-14)22-19(23)17-7-5-6-16-12(2)20-13(3)21-18(16)17/h1,5-11H,2-3H3,(H,22,23). The molecule has 0 aliphatic heterocycles. The van der Waals surface area contributed by atoms with Gasteiger partial charge >= 0.3 is 0 Å². The lowest BCUT2D eigenvalue weighted by Gasteiger charge is -2.09. The number of aromatic nitrogens is 2. The first-order valence-electron chi connectivity index (χ1n) is 7.20. The van der Waals surface area contributed by atoms with Crippen molar-refractivity contribution in [3.63, 3.8) is 0 Å². The number of rotatable bonds is 2. The molecule has 112 valence electrons. The molecule has 23 heavy (non-hydrogen) atoms. The van der Waals surface area contributed by atoms with Gasteiger partial charge in [-0.25, -0.2) is 9.97 Å². The van der Waals surface area contributed by atoms with E-state index < -0.39 is 0 Å². The van der Waals surface area contributed by atoms with Gasteiger partial charge in [0.1, 0.15) is 5.82 Å². The van der Waals surface area contributed by atoms with Gasteiger partial charge in [-0.3, -0.25) is 4.79 Å². The molecule has 0 atom stereocenters. The minimum absolute atomic E-state index is 0.207. The number of hydrogen-bond donors (Lipinski definition) is 1. The molecule has 0 aliphatic rings. The van der Waals surface area contributed by atoms with E-state index in [1.165, 1.54) is 0 Å². The van der Waals surface area contributed by atoms with Crippen LogP contribution in [0.25, 0.3) is 10.9 Å². The van der Waals surface area contributed by atoms with Crippen LogP contribution in [0.2, 0.25) is 0 Å². The predicted molar refractivity (Wildman–Crippen MR) is 91.3 cm³/mol. The van der Waals surface area contributed by atoms with Crippen LogP contribution in [-0.2, 0) is 0 Å². The minimum Gasteiger partial charge on any atom is -0.322 e. The van der Waals surface area contributed by atoms with Crippen molar-refractivity contribution >= 4 is 22.5 Å². The second-order valence-electron chi connectivity index (χ2n) is 5.23. The molecule has 0 aliphatic carbocycles. The molecule has 3 rings (SSSR count). The minimum atomic E-state index is -0.207. The number of anilines is 1. The molecule has 2 aromatic carbocycles. The van der Waals surface area contributed by atoms with Gasteiger partial charge in [0.25, 0.3) is 5.91 Å². The molecule has 1 aromatic heterocycles. The lowest BCUT2D eigenvalue weighted by atomic mass is 10.1. The summed E-state index contributed by atoms with van der Waals surface area (Å²) in [5.41, 5.74) is 3.51. The Morgan fingerprint density at radius 1 is 1.09 bits per heavy atom. The van der Waals surface area contributed by atoms with Crippen molar-refractivity contribution in [3.8, 4) is 12.3 Å². The highest BCUT2D eigenvalue weighted by molar-refractivity contribution is 6.12. The predicted octanol–water partition coefficient (Wildman–Crippen LogP) is 3.48. The summed E-state index contributed by atoms with van der Waals surface area (Å²) < 4.78 is 0. The van der Waals surface area contributed by atoms with Crippen molar-refractivity contribution in [2.75, 3.05) is 5.32 Å². The van der Waals surface area contributed by atoms with Crippen molar-refractivity contribution in [2.45, 2.75) is 13.8 Å². The fourth-order valence-corrected chi connectivity index (χ4v) is 2.48. The molecule has 4 heteroatoms. The molecule has 4 nitrogen and oxygen atoms in total. The number of fused-ring (bicyclic) bond motifs is 1. The topological polar surface area (TPSA) is 54.9 Å². The number of carbonyl (C=O) groups excluding carboxylic acids is 1. The molecule has 0 bridgehead atoms. The molecule has 1 N–H and O–H groups in total. The van der Waals surface area contributed by atoms with Gasteiger partial charge in [0.05, 0.1) is 11.1 Å². The third-order valence-corrected chi connectivity index (χ3v) is 3.58. The third kappa shape index (κ3) is 2.90. The van der Waals surface area contributed by atoms with Crippen LogP contribution in [0.4, 0.5) is 5.69 Å². The van der Waals surface area contributed by atoms with Crippen LogP contribution in [0.1, 0.15) is 27.4 Å². The first kappa shape index (κ1) is 14.7. The molecule has 0 saturated heterocycles. The largest absolute Gasteiger partial charge is 0.322 e. The zero-order valence-electron chi connectivity index (χ0n) is 12.9. The van der Waals surface area contributed by atoms with Crippen LogP contribution >= 0.6 is 0 Å². The van der Waals surface area contributed by atoms with Gasteiger partial charge in [0.2, 0.25) is 0 Å². The summed E-state index contributed by atoms with van der Waals surface area (Å²) in [6.45, 7) is 3.73. The summed E-state index contributed by atoms with van der Waals surface area (Å²) in [5, 5.41) is 3.75. The Kier molecular flexibility index (Phi) is 3.78.